The van der Waals surface area contributed by atoms with Crippen molar-refractivity contribution in [1.29, 1.82) is 5.26 Å². The van der Waals surface area contributed by atoms with Crippen LogP contribution in [0.15, 0.2) is 46.5 Å². The van der Waals surface area contributed by atoms with E-state index in [1.165, 1.54) is 0 Å². The third kappa shape index (κ3) is 9.35. The molecule has 1 aromatic rings. The van der Waals surface area contributed by atoms with Crippen molar-refractivity contribution in [3.8, 4) is 6.07 Å². The van der Waals surface area contributed by atoms with Crippen molar-refractivity contribution in [3.63, 3.8) is 0 Å². The first-order valence-electron chi connectivity index (χ1n) is 8.17. The molecule has 14 heteroatoms. The van der Waals surface area contributed by atoms with Gasteiger partial charge in [-0.1, -0.05) is 111 Å². The van der Waals surface area contributed by atoms with Gasteiger partial charge in [0.25, 0.3) is 0 Å². The predicted octanol–water partition coefficient (Wildman–Crippen LogP) is 7.74. The summed E-state index contributed by atoms with van der Waals surface area (Å²) in [6.45, 7) is 0.619. The Balaban J connectivity index is 2.19. The lowest BCUT2D eigenvalue weighted by molar-refractivity contribution is 0.119. The van der Waals surface area contributed by atoms with Crippen LogP contribution in [-0.2, 0) is 18.2 Å². The lowest BCUT2D eigenvalue weighted by Gasteiger charge is -2.19. The Hall–Kier alpha value is -0.100. The number of alkyl halides is 6. The molecule has 168 valence electrons. The lowest BCUT2D eigenvalue weighted by atomic mass is 10.0. The number of hydrogen-bond donors (Lipinski definition) is 0. The van der Waals surface area contributed by atoms with Crippen LogP contribution in [0.5, 0.6) is 0 Å². The molecule has 0 aromatic heterocycles. The monoisotopic (exact) mass is 582 g/mol. The maximum atomic E-state index is 12.8. The quantitative estimate of drug-likeness (QED) is 0.141. The highest BCUT2D eigenvalue weighted by Crippen LogP contribution is 2.53. The summed E-state index contributed by atoms with van der Waals surface area (Å²) in [5, 5.41) is 13.6. The van der Waals surface area contributed by atoms with Crippen LogP contribution in [0.25, 0.3) is 5.57 Å². The highest BCUT2D eigenvalue weighted by Gasteiger charge is 2.37. The van der Waals surface area contributed by atoms with Crippen molar-refractivity contribution in [1.82, 2.24) is 0 Å². The van der Waals surface area contributed by atoms with Crippen LogP contribution >= 0.6 is 89.2 Å². The number of aryl methyl sites for hydroxylation is 1. The Bertz CT molecular complexity index is 976. The SMILES string of the molecule is Cc1ccccc1/C(C#N)=C1C=C/C(=N\OP(=O)(OCC(Cl)(Cl)Cl)OCC(Cl)(Cl)Cl)S/1. The average molecular weight is 585 g/mol. The van der Waals surface area contributed by atoms with Crippen molar-refractivity contribution in [2.45, 2.75) is 14.5 Å². The van der Waals surface area contributed by atoms with Gasteiger partial charge in [-0.2, -0.15) is 5.26 Å². The first-order valence-corrected chi connectivity index (χ1v) is 12.7. The standard InChI is InChI=1S/C17H13Cl6N2O4PS/c1-11-4-2-3-5-12(11)13(8-24)14-6-7-15(31-14)25-29-30(26,27-9-16(18,19)20)28-10-17(21,22)23/h2-7H,9-10H2,1H3/b14-13-,25-15+. The van der Waals surface area contributed by atoms with E-state index in [1.54, 1.807) is 12.2 Å². The molecule has 0 unspecified atom stereocenters. The van der Waals surface area contributed by atoms with Crippen molar-refractivity contribution < 1.29 is 18.2 Å². The second kappa shape index (κ2) is 11.4. The van der Waals surface area contributed by atoms with E-state index < -0.39 is 28.6 Å². The zero-order chi connectivity index (χ0) is 23.3. The van der Waals surface area contributed by atoms with E-state index in [0.29, 0.717) is 10.5 Å². The van der Waals surface area contributed by atoms with E-state index in [4.69, 9.17) is 83.3 Å². The summed E-state index contributed by atoms with van der Waals surface area (Å²) >= 11 is 34.7. The minimum Gasteiger partial charge on any atom is -0.291 e. The molecule has 1 aliphatic heterocycles. The molecule has 31 heavy (non-hydrogen) atoms. The summed E-state index contributed by atoms with van der Waals surface area (Å²) in [6, 6.07) is 9.64. The molecular weight excluding hydrogens is 572 g/mol. The first kappa shape index (κ1) is 27.1. The molecule has 0 spiro atoms. The largest absolute Gasteiger partial charge is 0.550 e. The van der Waals surface area contributed by atoms with E-state index in [0.717, 1.165) is 22.9 Å². The molecule has 0 fully saturated rings. The normalized spacial score (nSPS) is 17.7. The molecule has 0 atom stereocenters. The Morgan fingerprint density at radius 2 is 1.68 bits per heavy atom. The maximum Gasteiger partial charge on any atom is 0.550 e. The number of rotatable bonds is 7. The Labute approximate surface area is 213 Å². The van der Waals surface area contributed by atoms with Crippen LogP contribution in [0, 0.1) is 18.3 Å². The smallest absolute Gasteiger partial charge is 0.291 e. The molecule has 0 radical (unpaired) electrons. The highest BCUT2D eigenvalue weighted by atomic mass is 35.6. The number of phosphoric acid groups is 1. The van der Waals surface area contributed by atoms with Gasteiger partial charge in [-0.15, -0.1) is 0 Å². The van der Waals surface area contributed by atoms with Crippen molar-refractivity contribution >= 4 is 99.8 Å². The van der Waals surface area contributed by atoms with Gasteiger partial charge < -0.3 is 0 Å². The topological polar surface area (TPSA) is 80.9 Å². The number of hydrogen-bond acceptors (Lipinski definition) is 7. The molecule has 1 aromatic carbocycles. The number of phosphoric ester groups is 1. The Kier molecular flexibility index (Phi) is 9.94. The highest BCUT2D eigenvalue weighted by molar-refractivity contribution is 8.18. The number of nitrogens with zero attached hydrogens (tertiary/aromatic N) is 2. The number of thioether (sulfide) groups is 1. The summed E-state index contributed by atoms with van der Waals surface area (Å²) < 4.78 is 23.9. The van der Waals surface area contributed by atoms with Gasteiger partial charge in [-0.05, 0) is 30.2 Å². The minimum absolute atomic E-state index is 0.270. The number of nitriles is 1. The molecule has 0 amide bonds. The van der Waals surface area contributed by atoms with E-state index in [-0.39, 0.29) is 5.04 Å². The fourth-order valence-electron chi connectivity index (χ4n) is 2.09. The predicted molar refractivity (Wildman–Crippen MR) is 129 cm³/mol. The van der Waals surface area contributed by atoms with Crippen molar-refractivity contribution in [2.75, 3.05) is 13.2 Å². The number of allylic oxidation sites excluding steroid dienone is 2. The van der Waals surface area contributed by atoms with Crippen LogP contribution in [0.4, 0.5) is 0 Å². The number of oxime groups is 1. The molecule has 0 saturated carbocycles. The molecule has 1 aliphatic rings. The first-order chi connectivity index (χ1) is 14.3. The third-order valence-corrected chi connectivity index (χ3v) is 6.17. The van der Waals surface area contributed by atoms with Crippen LogP contribution in [0.2, 0.25) is 0 Å². The van der Waals surface area contributed by atoms with Crippen LogP contribution in [0.3, 0.4) is 0 Å². The summed E-state index contributed by atoms with van der Waals surface area (Å²) in [6.07, 6.45) is 3.23. The van der Waals surface area contributed by atoms with Gasteiger partial charge >= 0.3 is 7.82 Å². The van der Waals surface area contributed by atoms with Gasteiger partial charge in [0.05, 0.1) is 5.57 Å². The van der Waals surface area contributed by atoms with Crippen LogP contribution in [0.1, 0.15) is 11.1 Å². The van der Waals surface area contributed by atoms with Gasteiger partial charge in [-0.25, -0.2) is 4.57 Å². The Morgan fingerprint density at radius 1 is 1.10 bits per heavy atom. The fraction of sp³-hybridized carbons (Fsp3) is 0.294. The van der Waals surface area contributed by atoms with Crippen LogP contribution in [-0.4, -0.2) is 25.8 Å². The summed E-state index contributed by atoms with van der Waals surface area (Å²) in [5.41, 5.74) is 2.17. The molecule has 0 saturated heterocycles. The zero-order valence-corrected chi connectivity index (χ0v) is 21.8. The van der Waals surface area contributed by atoms with E-state index in [9.17, 15) is 9.83 Å². The third-order valence-electron chi connectivity index (χ3n) is 3.37. The van der Waals surface area contributed by atoms with Crippen molar-refractivity contribution in [2.24, 2.45) is 5.16 Å². The number of benzene rings is 1. The summed E-state index contributed by atoms with van der Waals surface area (Å²) in [7, 11) is -4.40. The van der Waals surface area contributed by atoms with E-state index >= 15 is 0 Å². The van der Waals surface area contributed by atoms with Gasteiger partial charge in [0.15, 0.2) is 0 Å². The van der Waals surface area contributed by atoms with Gasteiger partial charge in [0, 0.05) is 4.91 Å². The average Bonchev–Trinajstić information content (AvgIpc) is 3.13. The molecule has 6 nitrogen and oxygen atoms in total. The second-order valence-electron chi connectivity index (χ2n) is 5.84. The molecule has 0 bridgehead atoms. The molecule has 2 rings (SSSR count). The van der Waals surface area contributed by atoms with Gasteiger partial charge in [-0.3, -0.25) is 13.7 Å². The second-order valence-corrected chi connectivity index (χ2v) is 13.5. The summed E-state index contributed by atoms with van der Waals surface area (Å²) in [4.78, 5) is 0.624. The number of halogens is 6. The summed E-state index contributed by atoms with van der Waals surface area (Å²) in [5.74, 6) is 0. The van der Waals surface area contributed by atoms with E-state index in [2.05, 4.69) is 11.2 Å². The zero-order valence-electron chi connectivity index (χ0n) is 15.5. The van der Waals surface area contributed by atoms with Gasteiger partial charge in [0.1, 0.15) is 24.3 Å². The maximum absolute atomic E-state index is 12.8. The van der Waals surface area contributed by atoms with Crippen molar-refractivity contribution in [3.05, 3.63) is 52.4 Å². The molecule has 0 aliphatic carbocycles. The van der Waals surface area contributed by atoms with E-state index in [1.807, 2.05) is 31.2 Å². The molecular formula is C17H13Cl6N2O4PS. The lowest BCUT2D eigenvalue weighted by Crippen LogP contribution is -2.16. The fourth-order valence-corrected chi connectivity index (χ4v) is 4.82. The Morgan fingerprint density at radius 3 is 2.19 bits per heavy atom. The minimum atomic E-state index is -4.40. The van der Waals surface area contributed by atoms with Gasteiger partial charge in [0.2, 0.25) is 7.59 Å². The molecule has 0 N–H and O–H groups in total. The van der Waals surface area contributed by atoms with Crippen LogP contribution < -0.4 is 0 Å². The molecule has 1 heterocycles.